The highest BCUT2D eigenvalue weighted by molar-refractivity contribution is 6.07. The first kappa shape index (κ1) is 26.8. The number of rotatable bonds is 6. The van der Waals surface area contributed by atoms with E-state index in [-0.39, 0.29) is 24.9 Å². The van der Waals surface area contributed by atoms with Gasteiger partial charge in [-0.25, -0.2) is 0 Å². The Kier molecular flexibility index (Phi) is 7.68. The van der Waals surface area contributed by atoms with Gasteiger partial charge in [0.1, 0.15) is 0 Å². The molecule has 2 aliphatic rings. The number of hydrogen-bond donors (Lipinski definition) is 1. The average Bonchev–Trinajstić information content (AvgIpc) is 3.05. The second kappa shape index (κ2) is 11.2. The summed E-state index contributed by atoms with van der Waals surface area (Å²) in [4.78, 5) is 48.3. The lowest BCUT2D eigenvalue weighted by Crippen LogP contribution is -2.50. The molecule has 2 N–H and O–H groups in total. The predicted octanol–water partition coefficient (Wildman–Crippen LogP) is 3.01. The van der Waals surface area contributed by atoms with Gasteiger partial charge in [-0.3, -0.25) is 19.3 Å². The van der Waals surface area contributed by atoms with Crippen LogP contribution in [0.15, 0.2) is 60.7 Å². The van der Waals surface area contributed by atoms with Crippen LogP contribution in [0.3, 0.4) is 0 Å². The zero-order chi connectivity index (χ0) is 27.7. The SMILES string of the molecule is Cc1ccc2ccccc2c1CN1C(=O)[C@@H](C(C)C(N)=O)CN(C(=O)CN2CCN(C)CC2)c2ccccc21. The summed E-state index contributed by atoms with van der Waals surface area (Å²) in [6, 6.07) is 19.8. The van der Waals surface area contributed by atoms with Gasteiger partial charge in [0.2, 0.25) is 17.7 Å². The predicted molar refractivity (Wildman–Crippen MR) is 154 cm³/mol. The molecule has 5 rings (SSSR count). The summed E-state index contributed by atoms with van der Waals surface area (Å²) in [7, 11) is 2.08. The standard InChI is InChI=1S/C31H37N5O3/c1-21-12-13-23-8-4-5-9-24(23)25(21)18-36-28-11-7-6-10-27(28)35(19-26(31(36)39)22(2)30(32)38)29(37)20-34-16-14-33(3)15-17-34/h4-13,22,26H,14-20H2,1-3H3,(H2,32,38)/t22?,26-/m1/s1. The van der Waals surface area contributed by atoms with E-state index >= 15 is 0 Å². The molecular weight excluding hydrogens is 490 g/mol. The number of nitrogens with two attached hydrogens (primary N) is 1. The zero-order valence-electron chi connectivity index (χ0n) is 23.0. The van der Waals surface area contributed by atoms with Crippen molar-refractivity contribution < 1.29 is 14.4 Å². The first-order chi connectivity index (χ1) is 18.7. The third kappa shape index (κ3) is 5.40. The molecule has 0 bridgehead atoms. The molecule has 204 valence electrons. The van der Waals surface area contributed by atoms with E-state index in [1.165, 1.54) is 0 Å². The lowest BCUT2D eigenvalue weighted by Gasteiger charge is -2.34. The second-order valence-electron chi connectivity index (χ2n) is 10.9. The molecule has 0 radical (unpaired) electrons. The van der Waals surface area contributed by atoms with Gasteiger partial charge in [0.15, 0.2) is 0 Å². The number of benzene rings is 3. The minimum Gasteiger partial charge on any atom is -0.369 e. The molecule has 8 heteroatoms. The molecule has 0 spiro atoms. The van der Waals surface area contributed by atoms with E-state index in [0.29, 0.717) is 17.9 Å². The third-order valence-electron chi connectivity index (χ3n) is 8.33. The van der Waals surface area contributed by atoms with E-state index in [4.69, 9.17) is 5.73 Å². The van der Waals surface area contributed by atoms with Crippen LogP contribution in [0.1, 0.15) is 18.1 Å². The van der Waals surface area contributed by atoms with Crippen molar-refractivity contribution in [3.05, 3.63) is 71.8 Å². The van der Waals surface area contributed by atoms with Crippen molar-refractivity contribution in [2.45, 2.75) is 20.4 Å². The van der Waals surface area contributed by atoms with E-state index < -0.39 is 17.7 Å². The van der Waals surface area contributed by atoms with Gasteiger partial charge in [0.25, 0.3) is 0 Å². The first-order valence-electron chi connectivity index (χ1n) is 13.6. The number of carbonyl (C=O) groups excluding carboxylic acids is 3. The topological polar surface area (TPSA) is 90.2 Å². The Bertz CT molecular complexity index is 1400. The molecule has 0 aliphatic carbocycles. The van der Waals surface area contributed by atoms with E-state index in [0.717, 1.165) is 48.1 Å². The van der Waals surface area contributed by atoms with Gasteiger partial charge in [-0.15, -0.1) is 0 Å². The molecule has 1 saturated heterocycles. The summed E-state index contributed by atoms with van der Waals surface area (Å²) in [5, 5.41) is 2.18. The van der Waals surface area contributed by atoms with Crippen LogP contribution in [0.5, 0.6) is 0 Å². The van der Waals surface area contributed by atoms with Crippen molar-refractivity contribution in [3.8, 4) is 0 Å². The second-order valence-corrected chi connectivity index (χ2v) is 10.9. The Balaban J connectivity index is 1.57. The first-order valence-corrected chi connectivity index (χ1v) is 13.6. The highest BCUT2D eigenvalue weighted by Crippen LogP contribution is 2.38. The van der Waals surface area contributed by atoms with E-state index in [1.54, 1.807) is 16.7 Å². The fraction of sp³-hybridized carbons (Fsp3) is 0.387. The van der Waals surface area contributed by atoms with Gasteiger partial charge in [0, 0.05) is 38.6 Å². The number of fused-ring (bicyclic) bond motifs is 2. The van der Waals surface area contributed by atoms with Crippen LogP contribution < -0.4 is 15.5 Å². The lowest BCUT2D eigenvalue weighted by molar-refractivity contribution is -0.131. The molecule has 2 heterocycles. The number of likely N-dealkylation sites (N-methyl/N-ethyl adjacent to an activating group) is 1. The highest BCUT2D eigenvalue weighted by atomic mass is 16.2. The van der Waals surface area contributed by atoms with Crippen molar-refractivity contribution in [1.82, 2.24) is 9.80 Å². The fourth-order valence-corrected chi connectivity index (χ4v) is 5.68. The maximum absolute atomic E-state index is 14.3. The summed E-state index contributed by atoms with van der Waals surface area (Å²) in [5.74, 6) is -2.32. The van der Waals surface area contributed by atoms with Gasteiger partial charge >= 0.3 is 0 Å². The normalized spacial score (nSPS) is 19.6. The summed E-state index contributed by atoms with van der Waals surface area (Å²) in [6.45, 7) is 7.86. The summed E-state index contributed by atoms with van der Waals surface area (Å²) in [6.07, 6.45) is 0. The Labute approximate surface area is 229 Å². The molecule has 39 heavy (non-hydrogen) atoms. The molecule has 0 aromatic heterocycles. The van der Waals surface area contributed by atoms with Crippen LogP contribution >= 0.6 is 0 Å². The molecule has 8 nitrogen and oxygen atoms in total. The molecule has 3 amide bonds. The number of anilines is 2. The van der Waals surface area contributed by atoms with Gasteiger partial charge in [-0.2, -0.15) is 0 Å². The summed E-state index contributed by atoms with van der Waals surface area (Å²) < 4.78 is 0. The smallest absolute Gasteiger partial charge is 0.241 e. The highest BCUT2D eigenvalue weighted by Gasteiger charge is 2.40. The van der Waals surface area contributed by atoms with Gasteiger partial charge in [-0.05, 0) is 48.0 Å². The fourth-order valence-electron chi connectivity index (χ4n) is 5.68. The molecule has 1 unspecified atom stereocenters. The van der Waals surface area contributed by atoms with Crippen molar-refractivity contribution in [3.63, 3.8) is 0 Å². The molecule has 2 atom stereocenters. The third-order valence-corrected chi connectivity index (χ3v) is 8.33. The van der Waals surface area contributed by atoms with Crippen LogP contribution in [0.2, 0.25) is 0 Å². The van der Waals surface area contributed by atoms with Crippen molar-refractivity contribution in [2.24, 2.45) is 17.6 Å². The maximum Gasteiger partial charge on any atom is 0.241 e. The van der Waals surface area contributed by atoms with E-state index in [2.05, 4.69) is 41.1 Å². The molecule has 2 aliphatic heterocycles. The average molecular weight is 528 g/mol. The van der Waals surface area contributed by atoms with Gasteiger partial charge in [-0.1, -0.05) is 55.5 Å². The van der Waals surface area contributed by atoms with Crippen LogP contribution in [0.4, 0.5) is 11.4 Å². The van der Waals surface area contributed by atoms with E-state index in [1.807, 2.05) is 43.3 Å². The zero-order valence-corrected chi connectivity index (χ0v) is 23.0. The number of nitrogens with zero attached hydrogens (tertiary/aromatic N) is 4. The van der Waals surface area contributed by atoms with Gasteiger partial charge in [0.05, 0.1) is 30.4 Å². The van der Waals surface area contributed by atoms with Crippen LogP contribution in [0, 0.1) is 18.8 Å². The minimum atomic E-state index is -0.762. The molecule has 1 fully saturated rings. The number of primary amides is 1. The Morgan fingerprint density at radius 2 is 1.62 bits per heavy atom. The largest absolute Gasteiger partial charge is 0.369 e. The number of hydrogen-bond acceptors (Lipinski definition) is 5. The number of carbonyl (C=O) groups is 3. The molecule has 3 aromatic rings. The van der Waals surface area contributed by atoms with Crippen LogP contribution in [-0.2, 0) is 20.9 Å². The Hall–Kier alpha value is -3.75. The van der Waals surface area contributed by atoms with Crippen molar-refractivity contribution >= 4 is 39.9 Å². The summed E-state index contributed by atoms with van der Waals surface area (Å²) >= 11 is 0. The molecule has 3 aromatic carbocycles. The Morgan fingerprint density at radius 1 is 0.949 bits per heavy atom. The minimum absolute atomic E-state index is 0.0790. The number of para-hydroxylation sites is 2. The van der Waals surface area contributed by atoms with Crippen LogP contribution in [-0.4, -0.2) is 73.8 Å². The van der Waals surface area contributed by atoms with Gasteiger partial charge < -0.3 is 20.4 Å². The Morgan fingerprint density at radius 3 is 2.33 bits per heavy atom. The molecule has 0 saturated carbocycles. The van der Waals surface area contributed by atoms with Crippen molar-refractivity contribution in [2.75, 3.05) is 56.1 Å². The number of piperazine rings is 1. The van der Waals surface area contributed by atoms with E-state index in [9.17, 15) is 14.4 Å². The number of aryl methyl sites for hydroxylation is 1. The summed E-state index contributed by atoms with van der Waals surface area (Å²) in [5.41, 5.74) is 9.20. The van der Waals surface area contributed by atoms with Crippen LogP contribution in [0.25, 0.3) is 10.8 Å². The lowest BCUT2D eigenvalue weighted by atomic mass is 9.91. The molecular formula is C31H37N5O3. The quantitative estimate of drug-likeness (QED) is 0.532. The maximum atomic E-state index is 14.3. The number of amides is 3. The van der Waals surface area contributed by atoms with Crippen molar-refractivity contribution in [1.29, 1.82) is 0 Å². The monoisotopic (exact) mass is 527 g/mol.